The van der Waals surface area contributed by atoms with Gasteiger partial charge >= 0.3 is 6.03 Å². The summed E-state index contributed by atoms with van der Waals surface area (Å²) in [6.45, 7) is -0.294. The molecule has 0 saturated carbocycles. The van der Waals surface area contributed by atoms with E-state index in [2.05, 4.69) is 31.9 Å². The first kappa shape index (κ1) is 19.6. The smallest absolute Gasteiger partial charge is 0.324 e. The Morgan fingerprint density at radius 2 is 1.79 bits per heavy atom. The summed E-state index contributed by atoms with van der Waals surface area (Å²) in [6.07, 6.45) is 0. The minimum absolute atomic E-state index is 0.0164. The molecule has 0 bridgehead atoms. The molecule has 3 N–H and O–H groups in total. The van der Waals surface area contributed by atoms with Crippen LogP contribution in [0.2, 0.25) is 0 Å². The number of nitrogens with zero attached hydrogens (tertiary/aromatic N) is 1. The monoisotopic (exact) mass is 444 g/mol. The van der Waals surface area contributed by atoms with Gasteiger partial charge in [0.15, 0.2) is 0 Å². The first-order valence-electron chi connectivity index (χ1n) is 8.44. The van der Waals surface area contributed by atoms with Crippen LogP contribution in [0.25, 0.3) is 0 Å². The molecule has 144 valence electrons. The zero-order chi connectivity index (χ0) is 20.1. The first-order chi connectivity index (χ1) is 13.5. The predicted octanol–water partition coefficient (Wildman–Crippen LogP) is 1.87. The van der Waals surface area contributed by atoms with Crippen LogP contribution in [0.15, 0.2) is 53.0 Å². The molecular formula is C19H17BrN4O4. The van der Waals surface area contributed by atoms with Gasteiger partial charge in [-0.2, -0.15) is 0 Å². The second-order valence-corrected chi connectivity index (χ2v) is 6.86. The van der Waals surface area contributed by atoms with E-state index < -0.39 is 11.9 Å². The van der Waals surface area contributed by atoms with E-state index >= 15 is 0 Å². The van der Waals surface area contributed by atoms with Crippen LogP contribution in [0.1, 0.15) is 15.9 Å². The van der Waals surface area contributed by atoms with Crippen LogP contribution in [-0.2, 0) is 16.1 Å². The van der Waals surface area contributed by atoms with Gasteiger partial charge in [0.2, 0.25) is 11.8 Å². The molecule has 2 aromatic carbocycles. The number of rotatable bonds is 6. The van der Waals surface area contributed by atoms with Crippen LogP contribution in [0.3, 0.4) is 0 Å². The standard InChI is InChI=1S/C19H17BrN4O4/c20-14-7-3-4-8-15(14)23-16(25)9-21-18(27)13-6-2-1-5-12(13)11-24-17(26)10-22-19(24)28/h1-8H,9-11H2,(H,21,27)(H,22,28)(H,23,25). The average molecular weight is 445 g/mol. The van der Waals surface area contributed by atoms with Crippen molar-refractivity contribution in [3.63, 3.8) is 0 Å². The maximum absolute atomic E-state index is 12.5. The zero-order valence-corrected chi connectivity index (χ0v) is 16.3. The fourth-order valence-electron chi connectivity index (χ4n) is 2.68. The third-order valence-electron chi connectivity index (χ3n) is 4.08. The summed E-state index contributed by atoms with van der Waals surface area (Å²) in [5.74, 6) is -1.20. The molecule has 0 unspecified atom stereocenters. The second kappa shape index (κ2) is 8.66. The lowest BCUT2D eigenvalue weighted by Crippen LogP contribution is -2.35. The van der Waals surface area contributed by atoms with Crippen LogP contribution in [0.5, 0.6) is 0 Å². The molecule has 1 aliphatic heterocycles. The number of urea groups is 1. The molecule has 28 heavy (non-hydrogen) atoms. The number of hydrogen-bond acceptors (Lipinski definition) is 4. The highest BCUT2D eigenvalue weighted by atomic mass is 79.9. The zero-order valence-electron chi connectivity index (χ0n) is 14.7. The number of nitrogens with one attached hydrogen (secondary N) is 3. The quantitative estimate of drug-likeness (QED) is 0.590. The van der Waals surface area contributed by atoms with E-state index in [4.69, 9.17) is 0 Å². The summed E-state index contributed by atoms with van der Waals surface area (Å²) in [5.41, 5.74) is 1.40. The van der Waals surface area contributed by atoms with Gasteiger partial charge in [0.1, 0.15) is 0 Å². The lowest BCUT2D eigenvalue weighted by molar-refractivity contribution is -0.125. The largest absolute Gasteiger partial charge is 0.343 e. The number of anilines is 1. The van der Waals surface area contributed by atoms with Crippen LogP contribution in [-0.4, -0.2) is 41.7 Å². The molecule has 3 rings (SSSR count). The Hall–Kier alpha value is -3.20. The summed E-state index contributed by atoms with van der Waals surface area (Å²) in [6, 6.07) is 13.3. The molecule has 9 heteroatoms. The van der Waals surface area contributed by atoms with E-state index in [-0.39, 0.29) is 31.4 Å². The van der Waals surface area contributed by atoms with Gasteiger partial charge in [0.25, 0.3) is 5.91 Å². The summed E-state index contributed by atoms with van der Waals surface area (Å²) in [4.78, 5) is 49.2. The minimum Gasteiger partial charge on any atom is -0.343 e. The Morgan fingerprint density at radius 3 is 2.50 bits per heavy atom. The van der Waals surface area contributed by atoms with Crippen LogP contribution >= 0.6 is 15.9 Å². The number of carbonyl (C=O) groups excluding carboxylic acids is 4. The molecule has 0 radical (unpaired) electrons. The normalized spacial score (nSPS) is 13.2. The molecule has 0 spiro atoms. The van der Waals surface area contributed by atoms with E-state index in [1.807, 2.05) is 6.07 Å². The molecule has 1 fully saturated rings. The van der Waals surface area contributed by atoms with Crippen LogP contribution in [0.4, 0.5) is 10.5 Å². The summed E-state index contributed by atoms with van der Waals surface area (Å²) in [5, 5.41) is 7.69. The van der Waals surface area contributed by atoms with Crippen LogP contribution in [0, 0.1) is 0 Å². The third kappa shape index (κ3) is 4.55. The van der Waals surface area contributed by atoms with Crippen molar-refractivity contribution < 1.29 is 19.2 Å². The number of imide groups is 1. The molecule has 0 atom stereocenters. The third-order valence-corrected chi connectivity index (χ3v) is 4.78. The molecule has 5 amide bonds. The van der Waals surface area contributed by atoms with Gasteiger partial charge < -0.3 is 16.0 Å². The Labute approximate surface area is 169 Å². The van der Waals surface area contributed by atoms with Crippen LogP contribution < -0.4 is 16.0 Å². The molecule has 8 nitrogen and oxygen atoms in total. The molecule has 1 heterocycles. The highest BCUT2D eigenvalue weighted by Gasteiger charge is 2.29. The lowest BCUT2D eigenvalue weighted by atomic mass is 10.1. The van der Waals surface area contributed by atoms with Crippen molar-refractivity contribution in [3.05, 3.63) is 64.1 Å². The van der Waals surface area contributed by atoms with Crippen molar-refractivity contribution in [1.82, 2.24) is 15.5 Å². The van der Waals surface area contributed by atoms with E-state index in [0.717, 1.165) is 9.37 Å². The van der Waals surface area contributed by atoms with Gasteiger partial charge in [-0.15, -0.1) is 0 Å². The molecule has 2 aromatic rings. The van der Waals surface area contributed by atoms with Gasteiger partial charge in [0, 0.05) is 10.0 Å². The van der Waals surface area contributed by atoms with Crippen molar-refractivity contribution in [3.8, 4) is 0 Å². The number of benzene rings is 2. The Balaban J connectivity index is 1.63. The van der Waals surface area contributed by atoms with E-state index in [0.29, 0.717) is 16.8 Å². The minimum atomic E-state index is -0.493. The van der Waals surface area contributed by atoms with Crippen molar-refractivity contribution in [2.45, 2.75) is 6.54 Å². The molecule has 0 aliphatic carbocycles. The van der Waals surface area contributed by atoms with Gasteiger partial charge in [-0.1, -0.05) is 30.3 Å². The Bertz CT molecular complexity index is 931. The van der Waals surface area contributed by atoms with Crippen molar-refractivity contribution in [1.29, 1.82) is 0 Å². The summed E-state index contributed by atoms with van der Waals surface area (Å²) in [7, 11) is 0. The Kier molecular flexibility index (Phi) is 6.05. The fraction of sp³-hybridized carbons (Fsp3) is 0.158. The summed E-state index contributed by atoms with van der Waals surface area (Å²) < 4.78 is 0.730. The van der Waals surface area contributed by atoms with Crippen molar-refractivity contribution in [2.75, 3.05) is 18.4 Å². The number of amides is 5. The van der Waals surface area contributed by atoms with E-state index in [9.17, 15) is 19.2 Å². The van der Waals surface area contributed by atoms with Gasteiger partial charge in [-0.25, -0.2) is 4.79 Å². The van der Waals surface area contributed by atoms with E-state index in [1.165, 1.54) is 0 Å². The molecule has 1 saturated heterocycles. The number of carbonyl (C=O) groups is 4. The van der Waals surface area contributed by atoms with Crippen molar-refractivity contribution >= 4 is 45.4 Å². The lowest BCUT2D eigenvalue weighted by Gasteiger charge is -2.15. The van der Waals surface area contributed by atoms with Crippen molar-refractivity contribution in [2.24, 2.45) is 0 Å². The summed E-state index contributed by atoms with van der Waals surface area (Å²) >= 11 is 3.34. The average Bonchev–Trinajstić information content (AvgIpc) is 3.00. The molecular weight excluding hydrogens is 428 g/mol. The van der Waals surface area contributed by atoms with Gasteiger partial charge in [-0.05, 0) is 39.7 Å². The molecule has 1 aliphatic rings. The predicted molar refractivity (Wildman–Crippen MR) is 105 cm³/mol. The number of halogens is 1. The molecule has 0 aromatic heterocycles. The number of para-hydroxylation sites is 1. The SMILES string of the molecule is O=C(CNC(=O)c1ccccc1CN1C(=O)CNC1=O)Nc1ccccc1Br. The number of hydrogen-bond donors (Lipinski definition) is 3. The van der Waals surface area contributed by atoms with E-state index in [1.54, 1.807) is 42.5 Å². The maximum atomic E-state index is 12.5. The fourth-order valence-corrected chi connectivity index (χ4v) is 3.06. The van der Waals surface area contributed by atoms with Gasteiger partial charge in [0.05, 0.1) is 25.3 Å². The second-order valence-electron chi connectivity index (χ2n) is 6.01. The van der Waals surface area contributed by atoms with Gasteiger partial charge in [-0.3, -0.25) is 19.3 Å². The highest BCUT2D eigenvalue weighted by Crippen LogP contribution is 2.21. The topological polar surface area (TPSA) is 108 Å². The first-order valence-corrected chi connectivity index (χ1v) is 9.23. The maximum Gasteiger partial charge on any atom is 0.324 e. The Morgan fingerprint density at radius 1 is 1.07 bits per heavy atom. The highest BCUT2D eigenvalue weighted by molar-refractivity contribution is 9.10.